The van der Waals surface area contributed by atoms with E-state index >= 15 is 0 Å². The standard InChI is InChI=1S/C10H13NO4S/c1-15-10(12)7-8-11-16(13,14)9-5-3-2-4-6-9/h2-6,11H,7-8H2,1H3. The van der Waals surface area contributed by atoms with Gasteiger partial charge in [0.15, 0.2) is 0 Å². The van der Waals surface area contributed by atoms with Crippen molar-refractivity contribution in [3.05, 3.63) is 30.3 Å². The molecule has 1 aromatic rings. The number of hydrogen-bond acceptors (Lipinski definition) is 4. The van der Waals surface area contributed by atoms with Crippen molar-refractivity contribution in [1.29, 1.82) is 0 Å². The van der Waals surface area contributed by atoms with Crippen molar-refractivity contribution in [1.82, 2.24) is 4.72 Å². The highest BCUT2D eigenvalue weighted by Crippen LogP contribution is 2.06. The molecule has 0 fully saturated rings. The zero-order valence-electron chi connectivity index (χ0n) is 8.84. The average Bonchev–Trinajstić information content (AvgIpc) is 2.30. The Kier molecular flexibility index (Phi) is 4.45. The van der Waals surface area contributed by atoms with Crippen molar-refractivity contribution < 1.29 is 17.9 Å². The van der Waals surface area contributed by atoms with Crippen LogP contribution in [0.5, 0.6) is 0 Å². The monoisotopic (exact) mass is 243 g/mol. The molecule has 1 rings (SSSR count). The Hall–Kier alpha value is -1.40. The summed E-state index contributed by atoms with van der Waals surface area (Å²) < 4.78 is 30.0. The van der Waals surface area contributed by atoms with E-state index in [0.29, 0.717) is 0 Å². The summed E-state index contributed by atoms with van der Waals surface area (Å²) in [5, 5.41) is 0. The summed E-state index contributed by atoms with van der Waals surface area (Å²) >= 11 is 0. The average molecular weight is 243 g/mol. The molecule has 0 aliphatic heterocycles. The minimum absolute atomic E-state index is 0.0164. The number of carbonyl (C=O) groups is 1. The third-order valence-electron chi connectivity index (χ3n) is 1.90. The van der Waals surface area contributed by atoms with E-state index in [1.807, 2.05) is 0 Å². The summed E-state index contributed by atoms with van der Waals surface area (Å²) in [6.45, 7) is 0.0316. The third-order valence-corrected chi connectivity index (χ3v) is 3.38. The van der Waals surface area contributed by atoms with Gasteiger partial charge in [-0.1, -0.05) is 18.2 Å². The molecule has 0 atom stereocenters. The van der Waals surface area contributed by atoms with Gasteiger partial charge in [0.2, 0.25) is 10.0 Å². The van der Waals surface area contributed by atoms with Gasteiger partial charge in [-0.2, -0.15) is 0 Å². The van der Waals surface area contributed by atoms with Crippen molar-refractivity contribution >= 4 is 16.0 Å². The molecule has 0 amide bonds. The summed E-state index contributed by atoms with van der Waals surface area (Å²) in [5.41, 5.74) is 0. The lowest BCUT2D eigenvalue weighted by Crippen LogP contribution is -2.26. The van der Waals surface area contributed by atoms with Gasteiger partial charge in [0.25, 0.3) is 0 Å². The molecule has 0 aromatic heterocycles. The zero-order valence-corrected chi connectivity index (χ0v) is 9.66. The van der Waals surface area contributed by atoms with E-state index in [4.69, 9.17) is 0 Å². The number of sulfonamides is 1. The van der Waals surface area contributed by atoms with Gasteiger partial charge in [0.05, 0.1) is 18.4 Å². The first-order valence-corrected chi connectivity index (χ1v) is 6.16. The van der Waals surface area contributed by atoms with Crippen molar-refractivity contribution in [2.24, 2.45) is 0 Å². The minimum atomic E-state index is -3.52. The van der Waals surface area contributed by atoms with Gasteiger partial charge in [-0.25, -0.2) is 13.1 Å². The van der Waals surface area contributed by atoms with Crippen LogP contribution < -0.4 is 4.72 Å². The molecule has 1 aromatic carbocycles. The molecule has 1 N–H and O–H groups in total. The molecule has 88 valence electrons. The molecule has 0 spiro atoms. The van der Waals surface area contributed by atoms with Crippen molar-refractivity contribution in [2.75, 3.05) is 13.7 Å². The van der Waals surface area contributed by atoms with E-state index in [0.717, 1.165) is 0 Å². The summed E-state index contributed by atoms with van der Waals surface area (Å²) in [5.74, 6) is -0.448. The van der Waals surface area contributed by atoms with E-state index in [1.54, 1.807) is 18.2 Å². The Labute approximate surface area is 94.5 Å². The number of ether oxygens (including phenoxy) is 1. The maximum absolute atomic E-state index is 11.6. The lowest BCUT2D eigenvalue weighted by atomic mass is 10.4. The molecule has 0 heterocycles. The molecule has 0 bridgehead atoms. The molecule has 6 heteroatoms. The summed E-state index contributed by atoms with van der Waals surface area (Å²) in [4.78, 5) is 11.0. The smallest absolute Gasteiger partial charge is 0.306 e. The second-order valence-corrected chi connectivity index (χ2v) is 4.80. The number of esters is 1. The normalized spacial score (nSPS) is 11.1. The predicted molar refractivity (Wildman–Crippen MR) is 58.3 cm³/mol. The second-order valence-electron chi connectivity index (χ2n) is 3.04. The van der Waals surface area contributed by atoms with Crippen LogP contribution in [0.2, 0.25) is 0 Å². The predicted octanol–water partition coefficient (Wildman–Crippen LogP) is 0.528. The summed E-state index contributed by atoms with van der Waals surface area (Å²) in [6, 6.07) is 7.97. The van der Waals surface area contributed by atoms with E-state index < -0.39 is 16.0 Å². The van der Waals surface area contributed by atoms with Crippen molar-refractivity contribution in [3.63, 3.8) is 0 Å². The molecule has 5 nitrogen and oxygen atoms in total. The lowest BCUT2D eigenvalue weighted by molar-refractivity contribution is -0.140. The fourth-order valence-electron chi connectivity index (χ4n) is 1.07. The van der Waals surface area contributed by atoms with Gasteiger partial charge >= 0.3 is 5.97 Å². The molecule has 0 saturated carbocycles. The molecular formula is C10H13NO4S. The van der Waals surface area contributed by atoms with Gasteiger partial charge in [-0.15, -0.1) is 0 Å². The highest BCUT2D eigenvalue weighted by Gasteiger charge is 2.13. The van der Waals surface area contributed by atoms with Crippen LogP contribution in [0, 0.1) is 0 Å². The number of hydrogen-bond donors (Lipinski definition) is 1. The largest absolute Gasteiger partial charge is 0.469 e. The molecule has 16 heavy (non-hydrogen) atoms. The Morgan fingerprint density at radius 2 is 1.94 bits per heavy atom. The number of nitrogens with one attached hydrogen (secondary N) is 1. The van der Waals surface area contributed by atoms with Gasteiger partial charge < -0.3 is 4.74 Å². The van der Waals surface area contributed by atoms with E-state index in [2.05, 4.69) is 9.46 Å². The quantitative estimate of drug-likeness (QED) is 0.766. The van der Waals surface area contributed by atoms with Gasteiger partial charge in [0, 0.05) is 6.54 Å². The van der Waals surface area contributed by atoms with Gasteiger partial charge in [0.1, 0.15) is 0 Å². The van der Waals surface area contributed by atoms with Crippen LogP contribution in [-0.4, -0.2) is 28.0 Å². The maximum atomic E-state index is 11.6. The molecule has 0 saturated heterocycles. The van der Waals surface area contributed by atoms with Crippen LogP contribution in [0.25, 0.3) is 0 Å². The van der Waals surface area contributed by atoms with Crippen molar-refractivity contribution in [3.8, 4) is 0 Å². The fraction of sp³-hybridized carbons (Fsp3) is 0.300. The minimum Gasteiger partial charge on any atom is -0.469 e. The van der Waals surface area contributed by atoms with Gasteiger partial charge in [-0.3, -0.25) is 4.79 Å². The Bertz CT molecular complexity index is 441. The number of methoxy groups -OCH3 is 1. The van der Waals surface area contributed by atoms with Crippen LogP contribution in [0.15, 0.2) is 35.2 Å². The van der Waals surface area contributed by atoms with Crippen LogP contribution in [0.1, 0.15) is 6.42 Å². The molecular weight excluding hydrogens is 230 g/mol. The maximum Gasteiger partial charge on any atom is 0.306 e. The molecule has 0 unspecified atom stereocenters. The number of benzene rings is 1. The first-order chi connectivity index (χ1) is 7.56. The van der Waals surface area contributed by atoms with Crippen molar-refractivity contribution in [2.45, 2.75) is 11.3 Å². The van der Waals surface area contributed by atoms with Crippen LogP contribution in [0.4, 0.5) is 0 Å². The van der Waals surface area contributed by atoms with Crippen LogP contribution in [-0.2, 0) is 19.6 Å². The fourth-order valence-corrected chi connectivity index (χ4v) is 2.13. The molecule has 0 aliphatic rings. The van der Waals surface area contributed by atoms with E-state index in [-0.39, 0.29) is 17.9 Å². The third kappa shape index (κ3) is 3.63. The Morgan fingerprint density at radius 1 is 1.31 bits per heavy atom. The number of carbonyl (C=O) groups excluding carboxylic acids is 1. The highest BCUT2D eigenvalue weighted by molar-refractivity contribution is 7.89. The first kappa shape index (κ1) is 12.7. The Morgan fingerprint density at radius 3 is 2.50 bits per heavy atom. The SMILES string of the molecule is COC(=O)CCNS(=O)(=O)c1ccccc1. The summed E-state index contributed by atoms with van der Waals surface area (Å²) in [6.07, 6.45) is 0.0164. The molecule has 0 aliphatic carbocycles. The second kappa shape index (κ2) is 5.62. The number of rotatable bonds is 5. The lowest BCUT2D eigenvalue weighted by Gasteiger charge is -2.05. The highest BCUT2D eigenvalue weighted by atomic mass is 32.2. The van der Waals surface area contributed by atoms with Crippen LogP contribution >= 0.6 is 0 Å². The van der Waals surface area contributed by atoms with E-state index in [1.165, 1.54) is 19.2 Å². The first-order valence-electron chi connectivity index (χ1n) is 4.68. The zero-order chi connectivity index (χ0) is 12.0. The van der Waals surface area contributed by atoms with Gasteiger partial charge in [-0.05, 0) is 12.1 Å². The van der Waals surface area contributed by atoms with E-state index in [9.17, 15) is 13.2 Å². The molecule has 0 radical (unpaired) electrons. The summed E-state index contributed by atoms with van der Waals surface area (Å²) in [7, 11) is -2.26. The topological polar surface area (TPSA) is 72.5 Å². The van der Waals surface area contributed by atoms with Crippen LogP contribution in [0.3, 0.4) is 0 Å². The Balaban J connectivity index is 2.57.